The zero-order valence-electron chi connectivity index (χ0n) is 15.1. The molecule has 0 spiro atoms. The summed E-state index contributed by atoms with van der Waals surface area (Å²) in [5, 5.41) is 6.64. The first-order chi connectivity index (χ1) is 12.1. The van der Waals surface area contributed by atoms with Crippen LogP contribution in [-0.2, 0) is 11.3 Å². The van der Waals surface area contributed by atoms with E-state index in [1.807, 2.05) is 12.1 Å². The number of guanidine groups is 1. The first kappa shape index (κ1) is 17.5. The molecular weight excluding hydrogens is 316 g/mol. The molecule has 0 saturated carbocycles. The van der Waals surface area contributed by atoms with Gasteiger partial charge in [-0.1, -0.05) is 24.6 Å². The molecule has 134 valence electrons. The van der Waals surface area contributed by atoms with Gasteiger partial charge in [-0.25, -0.2) is 9.98 Å². The van der Waals surface area contributed by atoms with Crippen LogP contribution < -0.4 is 10.6 Å². The van der Waals surface area contributed by atoms with Crippen LogP contribution >= 0.6 is 0 Å². The maximum Gasteiger partial charge on any atom is 0.226 e. The van der Waals surface area contributed by atoms with Crippen molar-refractivity contribution in [3.8, 4) is 11.5 Å². The van der Waals surface area contributed by atoms with Gasteiger partial charge in [0, 0.05) is 24.1 Å². The number of aryl methyl sites for hydroxylation is 1. The number of hydrogen-bond acceptors (Lipinski definition) is 4. The van der Waals surface area contributed by atoms with Crippen LogP contribution in [0.4, 0.5) is 0 Å². The lowest BCUT2D eigenvalue weighted by atomic mass is 9.89. The summed E-state index contributed by atoms with van der Waals surface area (Å²) in [5.41, 5.74) is 3.20. The van der Waals surface area contributed by atoms with Crippen molar-refractivity contribution >= 4 is 5.96 Å². The molecule has 1 aromatic carbocycles. The van der Waals surface area contributed by atoms with Crippen molar-refractivity contribution in [1.29, 1.82) is 0 Å². The topological polar surface area (TPSA) is 71.7 Å². The Morgan fingerprint density at radius 1 is 1.24 bits per heavy atom. The average Bonchev–Trinajstić information content (AvgIpc) is 3.05. The third kappa shape index (κ3) is 4.60. The number of hydrogen-bond donors (Lipinski definition) is 2. The molecule has 0 radical (unpaired) electrons. The van der Waals surface area contributed by atoms with Crippen LogP contribution in [-0.4, -0.2) is 37.2 Å². The first-order valence-electron chi connectivity index (χ1n) is 8.69. The number of oxazole rings is 1. The van der Waals surface area contributed by atoms with Crippen molar-refractivity contribution in [2.75, 3.05) is 26.3 Å². The molecule has 0 atom stereocenters. The number of nitrogens with one attached hydrogen (secondary N) is 2. The van der Waals surface area contributed by atoms with Crippen LogP contribution in [0.3, 0.4) is 0 Å². The van der Waals surface area contributed by atoms with Crippen molar-refractivity contribution in [2.45, 2.75) is 27.3 Å². The molecule has 1 fully saturated rings. The van der Waals surface area contributed by atoms with Crippen LogP contribution in [0, 0.1) is 12.3 Å². The molecule has 2 aromatic rings. The molecule has 6 nitrogen and oxygen atoms in total. The predicted molar refractivity (Wildman–Crippen MR) is 98.4 cm³/mol. The smallest absolute Gasteiger partial charge is 0.226 e. The Labute approximate surface area is 148 Å². The fourth-order valence-electron chi connectivity index (χ4n) is 2.56. The lowest BCUT2D eigenvalue weighted by molar-refractivity contribution is -0.0971. The van der Waals surface area contributed by atoms with E-state index >= 15 is 0 Å². The standard InChI is InChI=1S/C19H26N4O2/c1-4-20-18(22-11-19(3)12-24-13-19)21-9-16-10-25-17(23-16)15-7-5-14(2)6-8-15/h5-8,10H,4,9,11-13H2,1-3H3,(H2,20,21,22). The van der Waals surface area contributed by atoms with Gasteiger partial charge in [0.1, 0.15) is 12.0 Å². The van der Waals surface area contributed by atoms with E-state index in [-0.39, 0.29) is 5.41 Å². The fraction of sp³-hybridized carbons (Fsp3) is 0.474. The third-order valence-electron chi connectivity index (χ3n) is 4.18. The van der Waals surface area contributed by atoms with E-state index in [0.29, 0.717) is 12.4 Å². The second kappa shape index (κ2) is 7.70. The molecule has 6 heteroatoms. The molecule has 3 rings (SSSR count). The van der Waals surface area contributed by atoms with E-state index in [1.165, 1.54) is 5.56 Å². The van der Waals surface area contributed by atoms with Gasteiger partial charge in [-0.05, 0) is 26.0 Å². The van der Waals surface area contributed by atoms with Crippen LogP contribution in [0.1, 0.15) is 25.1 Å². The van der Waals surface area contributed by atoms with Crippen molar-refractivity contribution in [2.24, 2.45) is 10.4 Å². The van der Waals surface area contributed by atoms with Crippen LogP contribution in [0.15, 0.2) is 39.9 Å². The Morgan fingerprint density at radius 2 is 2.00 bits per heavy atom. The highest BCUT2D eigenvalue weighted by Gasteiger charge is 2.33. The lowest BCUT2D eigenvalue weighted by Gasteiger charge is -2.38. The third-order valence-corrected chi connectivity index (χ3v) is 4.18. The number of nitrogens with zero attached hydrogens (tertiary/aromatic N) is 2. The van der Waals surface area contributed by atoms with Crippen molar-refractivity contribution in [3.63, 3.8) is 0 Å². The summed E-state index contributed by atoms with van der Waals surface area (Å²) in [6.45, 7) is 10.0. The molecule has 2 heterocycles. The zero-order valence-corrected chi connectivity index (χ0v) is 15.1. The van der Waals surface area contributed by atoms with Crippen LogP contribution in [0.2, 0.25) is 0 Å². The van der Waals surface area contributed by atoms with Gasteiger partial charge < -0.3 is 19.8 Å². The summed E-state index contributed by atoms with van der Waals surface area (Å²) in [4.78, 5) is 9.13. The summed E-state index contributed by atoms with van der Waals surface area (Å²) in [7, 11) is 0. The molecule has 1 saturated heterocycles. The minimum absolute atomic E-state index is 0.197. The van der Waals surface area contributed by atoms with Crippen LogP contribution in [0.25, 0.3) is 11.5 Å². The molecule has 0 aliphatic carbocycles. The van der Waals surface area contributed by atoms with Crippen molar-refractivity contribution < 1.29 is 9.15 Å². The van der Waals surface area contributed by atoms with Crippen LogP contribution in [0.5, 0.6) is 0 Å². The lowest BCUT2D eigenvalue weighted by Crippen LogP contribution is -2.51. The highest BCUT2D eigenvalue weighted by atomic mass is 16.5. The fourth-order valence-corrected chi connectivity index (χ4v) is 2.56. The predicted octanol–water partition coefficient (Wildman–Crippen LogP) is 2.74. The minimum atomic E-state index is 0.197. The number of aliphatic imine (C=N–C) groups is 1. The summed E-state index contributed by atoms with van der Waals surface area (Å²) in [6, 6.07) is 8.13. The van der Waals surface area contributed by atoms with E-state index in [1.54, 1.807) is 6.26 Å². The van der Waals surface area contributed by atoms with Gasteiger partial charge in [-0.3, -0.25) is 0 Å². The summed E-state index contributed by atoms with van der Waals surface area (Å²) in [5.74, 6) is 1.41. The molecule has 1 aromatic heterocycles. The molecule has 0 bridgehead atoms. The maximum atomic E-state index is 5.59. The first-order valence-corrected chi connectivity index (χ1v) is 8.69. The molecule has 1 aliphatic heterocycles. The monoisotopic (exact) mass is 342 g/mol. The summed E-state index contributed by atoms with van der Waals surface area (Å²) >= 11 is 0. The van der Waals surface area contributed by atoms with Gasteiger partial charge in [-0.15, -0.1) is 0 Å². The van der Waals surface area contributed by atoms with Gasteiger partial charge in [0.2, 0.25) is 5.89 Å². The number of benzene rings is 1. The van der Waals surface area contributed by atoms with Gasteiger partial charge in [0.05, 0.1) is 19.8 Å². The quantitative estimate of drug-likeness (QED) is 0.624. The minimum Gasteiger partial charge on any atom is -0.444 e. The van der Waals surface area contributed by atoms with Crippen molar-refractivity contribution in [1.82, 2.24) is 15.6 Å². The van der Waals surface area contributed by atoms with E-state index in [2.05, 4.69) is 53.5 Å². The Hall–Kier alpha value is -2.34. The highest BCUT2D eigenvalue weighted by Crippen LogP contribution is 2.25. The van der Waals surface area contributed by atoms with E-state index < -0.39 is 0 Å². The number of aromatic nitrogens is 1. The zero-order chi connectivity index (χ0) is 17.7. The normalized spacial score (nSPS) is 16.4. The maximum absolute atomic E-state index is 5.59. The van der Waals surface area contributed by atoms with Gasteiger partial charge >= 0.3 is 0 Å². The van der Waals surface area contributed by atoms with Gasteiger partial charge in [0.15, 0.2) is 5.96 Å². The second-order valence-corrected chi connectivity index (χ2v) is 6.86. The van der Waals surface area contributed by atoms with Gasteiger partial charge in [0.25, 0.3) is 0 Å². The summed E-state index contributed by atoms with van der Waals surface area (Å²) < 4.78 is 10.9. The molecule has 25 heavy (non-hydrogen) atoms. The molecule has 1 aliphatic rings. The number of ether oxygens (including phenoxy) is 1. The molecule has 2 N–H and O–H groups in total. The molecule has 0 amide bonds. The Balaban J connectivity index is 1.61. The largest absolute Gasteiger partial charge is 0.444 e. The number of rotatable bonds is 6. The van der Waals surface area contributed by atoms with E-state index in [4.69, 9.17) is 9.15 Å². The highest BCUT2D eigenvalue weighted by molar-refractivity contribution is 5.79. The second-order valence-electron chi connectivity index (χ2n) is 6.86. The van der Waals surface area contributed by atoms with Gasteiger partial charge in [-0.2, -0.15) is 0 Å². The average molecular weight is 342 g/mol. The molecular formula is C19H26N4O2. The Bertz CT molecular complexity index is 717. The van der Waals surface area contributed by atoms with E-state index in [9.17, 15) is 0 Å². The Morgan fingerprint density at radius 3 is 2.64 bits per heavy atom. The SMILES string of the molecule is CCNC(=NCc1coc(-c2ccc(C)cc2)n1)NCC1(C)COC1. The van der Waals surface area contributed by atoms with E-state index in [0.717, 1.165) is 43.5 Å². The van der Waals surface area contributed by atoms with Crippen molar-refractivity contribution in [3.05, 3.63) is 41.8 Å². The Kier molecular flexibility index (Phi) is 5.38. The summed E-state index contributed by atoms with van der Waals surface area (Å²) in [6.07, 6.45) is 1.67. The molecule has 0 unspecified atom stereocenters.